The van der Waals surface area contributed by atoms with Crippen molar-refractivity contribution in [1.29, 1.82) is 0 Å². The molecule has 140 valence electrons. The number of nitrogens with zero attached hydrogens (tertiary/aromatic N) is 2. The first-order valence-corrected chi connectivity index (χ1v) is 8.00. The average Bonchev–Trinajstić information content (AvgIpc) is 3.07. The van der Waals surface area contributed by atoms with Crippen LogP contribution >= 0.6 is 11.8 Å². The van der Waals surface area contributed by atoms with Crippen molar-refractivity contribution in [2.45, 2.75) is 11.4 Å². The molecule has 0 saturated heterocycles. The first-order valence-electron chi connectivity index (χ1n) is 7.02. The Labute approximate surface area is 149 Å². The minimum absolute atomic E-state index is 0.0710. The van der Waals surface area contributed by atoms with E-state index in [9.17, 15) is 22.8 Å². The molecule has 2 rings (SSSR count). The molecular formula is C14H13F3N4O4S. The molecule has 12 heteroatoms. The summed E-state index contributed by atoms with van der Waals surface area (Å²) < 4.78 is 46.2. The number of carbonyl (C=O) groups is 2. The molecule has 0 aliphatic rings. The molecule has 0 bridgehead atoms. The zero-order valence-corrected chi connectivity index (χ0v) is 14.1. The fourth-order valence-corrected chi connectivity index (χ4v) is 2.20. The van der Waals surface area contributed by atoms with Gasteiger partial charge in [-0.15, -0.1) is 10.2 Å². The Balaban J connectivity index is 1.81. The molecule has 3 amide bonds. The van der Waals surface area contributed by atoms with E-state index in [4.69, 9.17) is 9.15 Å². The number of hydrogen-bond donors (Lipinski definition) is 2. The molecule has 0 radical (unpaired) electrons. The fourth-order valence-electron chi connectivity index (χ4n) is 1.63. The number of ether oxygens (including phenoxy) is 1. The van der Waals surface area contributed by atoms with Gasteiger partial charge in [0.2, 0.25) is 11.8 Å². The van der Waals surface area contributed by atoms with Crippen molar-refractivity contribution in [3.05, 3.63) is 24.3 Å². The van der Waals surface area contributed by atoms with Gasteiger partial charge >= 0.3 is 12.2 Å². The van der Waals surface area contributed by atoms with Crippen LogP contribution < -0.4 is 15.4 Å². The molecule has 0 fully saturated rings. The number of methoxy groups -OCH3 is 1. The minimum atomic E-state index is -4.56. The summed E-state index contributed by atoms with van der Waals surface area (Å²) in [5.74, 6) is -0.218. The number of nitrogens with one attached hydrogen (secondary N) is 2. The van der Waals surface area contributed by atoms with Gasteiger partial charge in [-0.05, 0) is 24.3 Å². The lowest BCUT2D eigenvalue weighted by Crippen LogP contribution is -2.43. The van der Waals surface area contributed by atoms with Gasteiger partial charge in [-0.25, -0.2) is 4.79 Å². The highest BCUT2D eigenvalue weighted by Crippen LogP contribution is 2.24. The highest BCUT2D eigenvalue weighted by molar-refractivity contribution is 7.99. The van der Waals surface area contributed by atoms with Crippen molar-refractivity contribution >= 4 is 23.7 Å². The van der Waals surface area contributed by atoms with Crippen LogP contribution in [0.4, 0.5) is 18.0 Å². The maximum atomic E-state index is 11.9. The first-order chi connectivity index (χ1) is 12.3. The van der Waals surface area contributed by atoms with Crippen molar-refractivity contribution < 1.29 is 31.9 Å². The summed E-state index contributed by atoms with van der Waals surface area (Å²) in [5.41, 5.74) is 0.640. The Kier molecular flexibility index (Phi) is 6.44. The summed E-state index contributed by atoms with van der Waals surface area (Å²) in [7, 11) is 1.53. The highest BCUT2D eigenvalue weighted by Gasteiger charge is 2.28. The molecule has 0 spiro atoms. The molecule has 1 aromatic heterocycles. The smallest absolute Gasteiger partial charge is 0.405 e. The van der Waals surface area contributed by atoms with E-state index >= 15 is 0 Å². The van der Waals surface area contributed by atoms with E-state index in [2.05, 4.69) is 10.2 Å². The lowest BCUT2D eigenvalue weighted by atomic mass is 10.2. The number of amides is 3. The molecule has 0 unspecified atom stereocenters. The zero-order valence-electron chi connectivity index (χ0n) is 13.3. The second kappa shape index (κ2) is 8.56. The topological polar surface area (TPSA) is 106 Å². The Morgan fingerprint density at radius 3 is 2.54 bits per heavy atom. The maximum Gasteiger partial charge on any atom is 0.405 e. The van der Waals surface area contributed by atoms with Crippen LogP contribution in [0.3, 0.4) is 0 Å². The number of thioether (sulfide) groups is 1. The summed E-state index contributed by atoms with van der Waals surface area (Å²) >= 11 is 0.838. The van der Waals surface area contributed by atoms with Gasteiger partial charge in [0.05, 0.1) is 12.9 Å². The number of halogens is 3. The van der Waals surface area contributed by atoms with Crippen LogP contribution in [0.25, 0.3) is 11.5 Å². The van der Waals surface area contributed by atoms with E-state index < -0.39 is 24.7 Å². The molecule has 26 heavy (non-hydrogen) atoms. The predicted octanol–water partition coefficient (Wildman–Crippen LogP) is 2.23. The maximum absolute atomic E-state index is 11.9. The summed E-state index contributed by atoms with van der Waals surface area (Å²) in [6, 6.07) is 5.59. The Morgan fingerprint density at radius 2 is 1.92 bits per heavy atom. The van der Waals surface area contributed by atoms with Gasteiger partial charge in [0, 0.05) is 5.56 Å². The number of imide groups is 1. The highest BCUT2D eigenvalue weighted by atomic mass is 32.2. The molecule has 2 aromatic rings. The summed E-state index contributed by atoms with van der Waals surface area (Å²) in [6.07, 6.45) is -4.56. The number of aromatic nitrogens is 2. The molecule has 2 N–H and O–H groups in total. The Hall–Kier alpha value is -2.76. The van der Waals surface area contributed by atoms with Crippen molar-refractivity contribution in [1.82, 2.24) is 20.8 Å². The number of urea groups is 1. The molecule has 0 saturated carbocycles. The Bertz CT molecular complexity index is 764. The number of hydrogen-bond acceptors (Lipinski definition) is 7. The van der Waals surface area contributed by atoms with Crippen LogP contribution in [0.5, 0.6) is 5.75 Å². The van der Waals surface area contributed by atoms with Crippen molar-refractivity contribution in [3.63, 3.8) is 0 Å². The number of benzene rings is 1. The minimum Gasteiger partial charge on any atom is -0.497 e. The molecule has 1 aromatic carbocycles. The molecular weight excluding hydrogens is 377 g/mol. The van der Waals surface area contributed by atoms with Gasteiger partial charge in [-0.2, -0.15) is 13.2 Å². The van der Waals surface area contributed by atoms with Gasteiger partial charge in [0.1, 0.15) is 12.3 Å². The third-order valence-electron chi connectivity index (χ3n) is 2.77. The van der Waals surface area contributed by atoms with Crippen LogP contribution in [0.2, 0.25) is 0 Å². The summed E-state index contributed by atoms with van der Waals surface area (Å²) in [4.78, 5) is 22.7. The third kappa shape index (κ3) is 6.27. The van der Waals surface area contributed by atoms with Gasteiger partial charge in [0.15, 0.2) is 0 Å². The monoisotopic (exact) mass is 390 g/mol. The van der Waals surface area contributed by atoms with E-state index in [0.717, 1.165) is 11.8 Å². The van der Waals surface area contributed by atoms with Crippen LogP contribution in [0.1, 0.15) is 0 Å². The molecule has 1 heterocycles. The SMILES string of the molecule is COc1ccc(-c2nnc(SCC(=O)NC(=O)NCC(F)(F)F)o2)cc1. The van der Waals surface area contributed by atoms with E-state index in [1.54, 1.807) is 29.6 Å². The molecule has 8 nitrogen and oxygen atoms in total. The van der Waals surface area contributed by atoms with E-state index in [1.165, 1.54) is 12.4 Å². The largest absolute Gasteiger partial charge is 0.497 e. The zero-order chi connectivity index (χ0) is 19.2. The lowest BCUT2D eigenvalue weighted by Gasteiger charge is -2.08. The first kappa shape index (κ1) is 19.6. The van der Waals surface area contributed by atoms with Gasteiger partial charge in [0.25, 0.3) is 5.22 Å². The van der Waals surface area contributed by atoms with Gasteiger partial charge in [-0.1, -0.05) is 11.8 Å². The van der Waals surface area contributed by atoms with Crippen LogP contribution in [0.15, 0.2) is 33.9 Å². The quantitative estimate of drug-likeness (QED) is 0.729. The molecule has 0 atom stereocenters. The van der Waals surface area contributed by atoms with Crippen molar-refractivity contribution in [2.24, 2.45) is 0 Å². The number of carbonyl (C=O) groups excluding carboxylic acids is 2. The standard InChI is InChI=1S/C14H13F3N4O4S/c1-24-9-4-2-8(3-5-9)11-20-21-13(25-11)26-6-10(22)19-12(23)18-7-14(15,16)17/h2-5H,6-7H2,1H3,(H2,18,19,22,23). The van der Waals surface area contributed by atoms with Crippen molar-refractivity contribution in [3.8, 4) is 17.2 Å². The molecule has 0 aliphatic carbocycles. The fraction of sp³-hybridized carbons (Fsp3) is 0.286. The lowest BCUT2D eigenvalue weighted by molar-refractivity contribution is -0.124. The van der Waals surface area contributed by atoms with Crippen LogP contribution in [-0.4, -0.2) is 47.7 Å². The van der Waals surface area contributed by atoms with Gasteiger partial charge < -0.3 is 14.5 Å². The number of rotatable bonds is 6. The second-order valence-electron chi connectivity index (χ2n) is 4.74. The average molecular weight is 390 g/mol. The van der Waals surface area contributed by atoms with E-state index in [1.807, 2.05) is 0 Å². The number of alkyl halides is 3. The third-order valence-corrected chi connectivity index (χ3v) is 3.59. The van der Waals surface area contributed by atoms with Gasteiger partial charge in [-0.3, -0.25) is 10.1 Å². The Morgan fingerprint density at radius 1 is 1.23 bits per heavy atom. The van der Waals surface area contributed by atoms with Crippen LogP contribution in [-0.2, 0) is 4.79 Å². The van der Waals surface area contributed by atoms with Crippen molar-refractivity contribution in [2.75, 3.05) is 19.4 Å². The summed E-state index contributed by atoms with van der Waals surface area (Å²) in [5, 5.41) is 10.9. The van der Waals surface area contributed by atoms with Crippen LogP contribution in [0, 0.1) is 0 Å². The second-order valence-corrected chi connectivity index (χ2v) is 5.66. The normalized spacial score (nSPS) is 11.1. The summed E-state index contributed by atoms with van der Waals surface area (Å²) in [6.45, 7) is -1.53. The van der Waals surface area contributed by atoms with E-state index in [0.29, 0.717) is 11.3 Å². The molecule has 0 aliphatic heterocycles. The van der Waals surface area contributed by atoms with E-state index in [-0.39, 0.29) is 16.9 Å². The predicted molar refractivity (Wildman–Crippen MR) is 84.6 cm³/mol.